The minimum absolute atomic E-state index is 0.0877. The van der Waals surface area contributed by atoms with Gasteiger partial charge in [-0.25, -0.2) is 4.39 Å². The average Bonchev–Trinajstić information content (AvgIpc) is 2.51. The van der Waals surface area contributed by atoms with Gasteiger partial charge in [-0.1, -0.05) is 19.1 Å². The summed E-state index contributed by atoms with van der Waals surface area (Å²) >= 11 is 0. The predicted molar refractivity (Wildman–Crippen MR) is 80.4 cm³/mol. The van der Waals surface area contributed by atoms with Crippen molar-refractivity contribution < 1.29 is 19.0 Å². The molecule has 1 heterocycles. The van der Waals surface area contributed by atoms with E-state index >= 15 is 0 Å². The van der Waals surface area contributed by atoms with Gasteiger partial charge in [-0.3, -0.25) is 4.79 Å². The van der Waals surface area contributed by atoms with Crippen LogP contribution in [0.15, 0.2) is 42.5 Å². The molecule has 0 fully saturated rings. The quantitative estimate of drug-likeness (QED) is 0.947. The van der Waals surface area contributed by atoms with Crippen LogP contribution in [-0.2, 0) is 11.3 Å². The molecular formula is C17H16FNO3. The molecule has 5 heteroatoms. The lowest BCUT2D eigenvalue weighted by molar-refractivity contribution is -0.126. The van der Waals surface area contributed by atoms with Crippen molar-refractivity contribution >= 4 is 11.6 Å². The number of hydrogen-bond acceptors (Lipinski definition) is 3. The number of halogens is 1. The number of aromatic hydroxyl groups is 1. The van der Waals surface area contributed by atoms with Crippen LogP contribution < -0.4 is 9.64 Å². The van der Waals surface area contributed by atoms with Crippen molar-refractivity contribution in [1.29, 1.82) is 0 Å². The zero-order valence-corrected chi connectivity index (χ0v) is 12.1. The third kappa shape index (κ3) is 2.62. The molecule has 1 atom stereocenters. The van der Waals surface area contributed by atoms with Crippen molar-refractivity contribution in [3.8, 4) is 11.5 Å². The van der Waals surface area contributed by atoms with E-state index in [2.05, 4.69) is 0 Å². The van der Waals surface area contributed by atoms with E-state index in [1.807, 2.05) is 6.92 Å². The van der Waals surface area contributed by atoms with Crippen molar-refractivity contribution in [2.24, 2.45) is 0 Å². The van der Waals surface area contributed by atoms with Crippen LogP contribution in [0.1, 0.15) is 18.9 Å². The van der Waals surface area contributed by atoms with Crippen molar-refractivity contribution in [3.63, 3.8) is 0 Å². The summed E-state index contributed by atoms with van der Waals surface area (Å²) in [7, 11) is 0. The normalized spacial score (nSPS) is 17.1. The Morgan fingerprint density at radius 1 is 1.23 bits per heavy atom. The van der Waals surface area contributed by atoms with Crippen LogP contribution in [0.3, 0.4) is 0 Å². The Hall–Kier alpha value is -2.56. The van der Waals surface area contributed by atoms with Crippen LogP contribution in [0.25, 0.3) is 0 Å². The minimum Gasteiger partial charge on any atom is -0.508 e. The molecule has 0 unspecified atom stereocenters. The summed E-state index contributed by atoms with van der Waals surface area (Å²) in [6, 6.07) is 10.7. The summed E-state index contributed by atoms with van der Waals surface area (Å²) in [5.74, 6) is 0.122. The van der Waals surface area contributed by atoms with Crippen LogP contribution in [-0.4, -0.2) is 17.1 Å². The largest absolute Gasteiger partial charge is 0.508 e. The first kappa shape index (κ1) is 14.4. The summed E-state index contributed by atoms with van der Waals surface area (Å²) in [4.78, 5) is 14.2. The lowest BCUT2D eigenvalue weighted by Crippen LogP contribution is -2.45. The molecule has 3 rings (SSSR count). The van der Waals surface area contributed by atoms with Crippen molar-refractivity contribution in [1.82, 2.24) is 0 Å². The number of carbonyl (C=O) groups is 1. The smallest absolute Gasteiger partial charge is 0.268 e. The van der Waals surface area contributed by atoms with E-state index in [4.69, 9.17) is 4.74 Å². The van der Waals surface area contributed by atoms with E-state index in [9.17, 15) is 14.3 Å². The van der Waals surface area contributed by atoms with Gasteiger partial charge in [0.25, 0.3) is 5.91 Å². The summed E-state index contributed by atoms with van der Waals surface area (Å²) in [5.41, 5.74) is 1.43. The number of nitrogens with zero attached hydrogens (tertiary/aromatic N) is 1. The molecule has 0 radical (unpaired) electrons. The van der Waals surface area contributed by atoms with Gasteiger partial charge in [0, 0.05) is 6.07 Å². The fourth-order valence-electron chi connectivity index (χ4n) is 2.51. The number of benzene rings is 2. The highest BCUT2D eigenvalue weighted by Gasteiger charge is 2.33. The van der Waals surface area contributed by atoms with E-state index in [1.54, 1.807) is 23.1 Å². The SMILES string of the molecule is CC[C@H]1Oc2cc(O)ccc2N(Cc2ccc(F)cc2)C1=O. The number of amides is 1. The van der Waals surface area contributed by atoms with Gasteiger partial charge >= 0.3 is 0 Å². The first-order valence-corrected chi connectivity index (χ1v) is 7.14. The van der Waals surface area contributed by atoms with Crippen LogP contribution in [0.5, 0.6) is 11.5 Å². The second-order valence-corrected chi connectivity index (χ2v) is 5.22. The maximum atomic E-state index is 13.0. The molecule has 0 bridgehead atoms. The van der Waals surface area contributed by atoms with Crippen molar-refractivity contribution in [2.45, 2.75) is 26.0 Å². The first-order valence-electron chi connectivity index (χ1n) is 7.14. The Bertz CT molecular complexity index is 700. The van der Waals surface area contributed by atoms with Gasteiger partial charge in [-0.15, -0.1) is 0 Å². The number of phenolic OH excluding ortho intramolecular Hbond substituents is 1. The number of anilines is 1. The highest BCUT2D eigenvalue weighted by Crippen LogP contribution is 2.38. The van der Waals surface area contributed by atoms with Gasteiger partial charge in [-0.05, 0) is 36.2 Å². The highest BCUT2D eigenvalue weighted by atomic mass is 19.1. The number of phenols is 1. The van der Waals surface area contributed by atoms with E-state index < -0.39 is 6.10 Å². The van der Waals surface area contributed by atoms with E-state index in [-0.39, 0.29) is 17.5 Å². The molecule has 22 heavy (non-hydrogen) atoms. The molecule has 0 aromatic heterocycles. The summed E-state index contributed by atoms with van der Waals surface area (Å²) < 4.78 is 18.7. The molecule has 1 aliphatic rings. The Balaban J connectivity index is 1.97. The number of carbonyl (C=O) groups excluding carboxylic acids is 1. The number of rotatable bonds is 3. The second kappa shape index (κ2) is 5.67. The molecule has 4 nitrogen and oxygen atoms in total. The fourth-order valence-corrected chi connectivity index (χ4v) is 2.51. The molecule has 1 N–H and O–H groups in total. The topological polar surface area (TPSA) is 49.8 Å². The number of fused-ring (bicyclic) bond motifs is 1. The third-order valence-corrected chi connectivity index (χ3v) is 3.67. The summed E-state index contributed by atoms with van der Waals surface area (Å²) in [6.07, 6.45) is -0.0387. The second-order valence-electron chi connectivity index (χ2n) is 5.22. The van der Waals surface area contributed by atoms with E-state index in [0.717, 1.165) is 5.56 Å². The predicted octanol–water partition coefficient (Wildman–Crippen LogP) is 3.24. The molecule has 1 amide bonds. The summed E-state index contributed by atoms with van der Waals surface area (Å²) in [6.45, 7) is 2.20. The van der Waals surface area contributed by atoms with Crippen LogP contribution >= 0.6 is 0 Å². The molecule has 1 aliphatic heterocycles. The van der Waals surface area contributed by atoms with Gasteiger partial charge in [0.05, 0.1) is 12.2 Å². The number of ether oxygens (including phenoxy) is 1. The van der Waals surface area contributed by atoms with Gasteiger partial charge in [0.1, 0.15) is 17.3 Å². The van der Waals surface area contributed by atoms with Crippen molar-refractivity contribution in [3.05, 3.63) is 53.8 Å². The standard InChI is InChI=1S/C17H16FNO3/c1-2-15-17(21)19(10-11-3-5-12(18)6-4-11)14-8-7-13(20)9-16(14)22-15/h3-9,15,20H,2,10H2,1H3/t15-/m1/s1. The van der Waals surface area contributed by atoms with Gasteiger partial charge < -0.3 is 14.7 Å². The lowest BCUT2D eigenvalue weighted by atomic mass is 10.1. The van der Waals surface area contributed by atoms with Crippen LogP contribution in [0.2, 0.25) is 0 Å². The van der Waals surface area contributed by atoms with E-state index in [0.29, 0.717) is 24.4 Å². The minimum atomic E-state index is -0.574. The molecule has 2 aromatic carbocycles. The summed E-state index contributed by atoms with van der Waals surface area (Å²) in [5, 5.41) is 9.59. The van der Waals surface area contributed by atoms with Crippen LogP contribution in [0, 0.1) is 5.82 Å². The van der Waals surface area contributed by atoms with Gasteiger partial charge in [-0.2, -0.15) is 0 Å². The zero-order chi connectivity index (χ0) is 15.7. The maximum absolute atomic E-state index is 13.0. The average molecular weight is 301 g/mol. The first-order chi connectivity index (χ1) is 10.6. The fraction of sp³-hybridized carbons (Fsp3) is 0.235. The van der Waals surface area contributed by atoms with Gasteiger partial charge in [0.2, 0.25) is 0 Å². The molecular weight excluding hydrogens is 285 g/mol. The zero-order valence-electron chi connectivity index (χ0n) is 12.1. The Morgan fingerprint density at radius 3 is 2.64 bits per heavy atom. The molecule has 0 spiro atoms. The number of hydrogen-bond donors (Lipinski definition) is 1. The molecule has 2 aromatic rings. The Labute approximate surface area is 127 Å². The Morgan fingerprint density at radius 2 is 1.95 bits per heavy atom. The molecule has 0 saturated carbocycles. The van der Waals surface area contributed by atoms with Gasteiger partial charge in [0.15, 0.2) is 6.10 Å². The lowest BCUT2D eigenvalue weighted by Gasteiger charge is -2.34. The third-order valence-electron chi connectivity index (χ3n) is 3.67. The monoisotopic (exact) mass is 301 g/mol. The highest BCUT2D eigenvalue weighted by molar-refractivity contribution is 6.00. The maximum Gasteiger partial charge on any atom is 0.268 e. The molecule has 0 saturated heterocycles. The molecule has 0 aliphatic carbocycles. The van der Waals surface area contributed by atoms with E-state index in [1.165, 1.54) is 24.3 Å². The van der Waals surface area contributed by atoms with Crippen molar-refractivity contribution in [2.75, 3.05) is 4.90 Å². The van der Waals surface area contributed by atoms with Crippen LogP contribution in [0.4, 0.5) is 10.1 Å². The Kier molecular flexibility index (Phi) is 3.71. The molecule has 114 valence electrons.